The van der Waals surface area contributed by atoms with Gasteiger partial charge in [0.25, 0.3) is 0 Å². The zero-order valence-electron chi connectivity index (χ0n) is 27.5. The lowest BCUT2D eigenvalue weighted by Gasteiger charge is -2.37. The summed E-state index contributed by atoms with van der Waals surface area (Å²) in [6.07, 6.45) is 23.4. The van der Waals surface area contributed by atoms with Crippen LogP contribution in [0.25, 0.3) is 0 Å². The average molecular weight is 621 g/mol. The number of hydrogen-bond donors (Lipinski definition) is 2. The Morgan fingerprint density at radius 1 is 0.822 bits per heavy atom. The fraction of sp³-hybridized carbons (Fsp3) is 0.676. The maximum atomic E-state index is 13.0. The Hall–Kier alpha value is -3.00. The SMILES string of the molecule is CCCCCCCCCCCCCCCC(=O)OC(CN1CCN(c2ccccn2)CC1)Cn1c(O)c2c(c1O)C1C=CC2C1. The number of anilines is 1. The maximum Gasteiger partial charge on any atom is 0.306 e. The summed E-state index contributed by atoms with van der Waals surface area (Å²) in [4.78, 5) is 22.1. The first-order valence-electron chi connectivity index (χ1n) is 18.0. The highest BCUT2D eigenvalue weighted by Gasteiger charge is 2.41. The van der Waals surface area contributed by atoms with E-state index in [0.717, 1.165) is 62.4 Å². The number of hydrogen-bond acceptors (Lipinski definition) is 7. The quantitative estimate of drug-likeness (QED) is 0.0893. The van der Waals surface area contributed by atoms with E-state index in [4.69, 9.17) is 4.74 Å². The molecule has 8 heteroatoms. The Bertz CT molecular complexity index is 1190. The first kappa shape index (κ1) is 33.4. The van der Waals surface area contributed by atoms with Crippen LogP contribution in [0, 0.1) is 0 Å². The van der Waals surface area contributed by atoms with E-state index in [1.54, 1.807) is 4.57 Å². The highest BCUT2D eigenvalue weighted by Crippen LogP contribution is 2.56. The van der Waals surface area contributed by atoms with Crippen LogP contribution < -0.4 is 4.90 Å². The summed E-state index contributed by atoms with van der Waals surface area (Å²) in [6, 6.07) is 5.98. The Balaban J connectivity index is 1.07. The van der Waals surface area contributed by atoms with E-state index in [2.05, 4.69) is 33.9 Å². The molecule has 2 N–H and O–H groups in total. The van der Waals surface area contributed by atoms with Crippen molar-refractivity contribution in [1.82, 2.24) is 14.5 Å². The van der Waals surface area contributed by atoms with E-state index in [9.17, 15) is 15.0 Å². The summed E-state index contributed by atoms with van der Waals surface area (Å²) >= 11 is 0. The molecular formula is C37H56N4O4. The third kappa shape index (κ3) is 9.05. The number of nitrogens with zero attached hydrogens (tertiary/aromatic N) is 4. The number of carbonyl (C=O) groups is 1. The van der Waals surface area contributed by atoms with Gasteiger partial charge in [-0.2, -0.15) is 0 Å². The lowest BCUT2D eigenvalue weighted by molar-refractivity contribution is -0.151. The minimum atomic E-state index is -0.462. The third-order valence-electron chi connectivity index (χ3n) is 10.1. The van der Waals surface area contributed by atoms with E-state index in [0.29, 0.717) is 13.0 Å². The molecule has 3 aliphatic rings. The second-order valence-electron chi connectivity index (χ2n) is 13.5. The van der Waals surface area contributed by atoms with E-state index in [1.807, 2.05) is 24.4 Å². The lowest BCUT2D eigenvalue weighted by atomic mass is 10.0. The van der Waals surface area contributed by atoms with Crippen molar-refractivity contribution in [3.63, 3.8) is 0 Å². The van der Waals surface area contributed by atoms with Crippen molar-refractivity contribution in [2.24, 2.45) is 0 Å². The first-order chi connectivity index (χ1) is 22.0. The largest absolute Gasteiger partial charge is 0.494 e. The molecule has 0 amide bonds. The molecule has 2 aromatic heterocycles. The monoisotopic (exact) mass is 620 g/mol. The zero-order valence-corrected chi connectivity index (χ0v) is 27.5. The van der Waals surface area contributed by atoms with Gasteiger partial charge in [0.05, 0.1) is 6.54 Å². The molecule has 0 aromatic carbocycles. The molecule has 1 fully saturated rings. The van der Waals surface area contributed by atoms with Gasteiger partial charge in [0, 0.05) is 68.3 Å². The predicted molar refractivity (Wildman–Crippen MR) is 180 cm³/mol. The van der Waals surface area contributed by atoms with Crippen LogP contribution in [0.5, 0.6) is 11.8 Å². The second-order valence-corrected chi connectivity index (χ2v) is 13.5. The minimum Gasteiger partial charge on any atom is -0.494 e. The molecule has 3 unspecified atom stereocenters. The first-order valence-corrected chi connectivity index (χ1v) is 18.0. The summed E-state index contributed by atoms with van der Waals surface area (Å²) in [5, 5.41) is 22.3. The Morgan fingerprint density at radius 3 is 1.96 bits per heavy atom. The number of ether oxygens (including phenoxy) is 1. The number of piperazine rings is 1. The third-order valence-corrected chi connectivity index (χ3v) is 10.1. The van der Waals surface area contributed by atoms with Crippen molar-refractivity contribution in [3.8, 4) is 11.8 Å². The molecule has 2 bridgehead atoms. The van der Waals surface area contributed by atoms with Crippen LogP contribution in [0.2, 0.25) is 0 Å². The minimum absolute atomic E-state index is 0.122. The molecule has 1 aliphatic heterocycles. The van der Waals surface area contributed by atoms with Gasteiger partial charge in [0.1, 0.15) is 11.9 Å². The Labute approximate surface area is 270 Å². The van der Waals surface area contributed by atoms with Gasteiger partial charge in [-0.1, -0.05) is 102 Å². The molecule has 45 heavy (non-hydrogen) atoms. The van der Waals surface area contributed by atoms with Crippen LogP contribution in [0.3, 0.4) is 0 Å². The number of rotatable bonds is 20. The molecule has 8 nitrogen and oxygen atoms in total. The van der Waals surface area contributed by atoms with Gasteiger partial charge in [0.2, 0.25) is 0 Å². The van der Waals surface area contributed by atoms with E-state index >= 15 is 0 Å². The zero-order chi connectivity index (χ0) is 31.4. The van der Waals surface area contributed by atoms with Crippen LogP contribution in [-0.4, -0.2) is 69.5 Å². The number of carbonyl (C=O) groups excluding carboxylic acids is 1. The predicted octanol–water partition coefficient (Wildman–Crippen LogP) is 7.65. The van der Waals surface area contributed by atoms with Crippen LogP contribution >= 0.6 is 0 Å². The molecule has 248 valence electrons. The van der Waals surface area contributed by atoms with Crippen LogP contribution in [-0.2, 0) is 16.1 Å². The summed E-state index contributed by atoms with van der Waals surface area (Å²) in [5.74, 6) is 1.36. The molecule has 0 radical (unpaired) electrons. The second kappa shape index (κ2) is 17.1. The van der Waals surface area contributed by atoms with Gasteiger partial charge in [-0.25, -0.2) is 4.98 Å². The van der Waals surface area contributed by atoms with Gasteiger partial charge in [0.15, 0.2) is 11.8 Å². The number of aromatic hydroxyl groups is 2. The number of unbranched alkanes of at least 4 members (excludes halogenated alkanes) is 12. The highest BCUT2D eigenvalue weighted by atomic mass is 16.5. The number of fused-ring (bicyclic) bond motifs is 5. The van der Waals surface area contributed by atoms with Crippen LogP contribution in [0.4, 0.5) is 5.82 Å². The van der Waals surface area contributed by atoms with Gasteiger partial charge in [-0.3, -0.25) is 14.3 Å². The summed E-state index contributed by atoms with van der Waals surface area (Å²) in [7, 11) is 0. The Kier molecular flexibility index (Phi) is 12.7. The van der Waals surface area contributed by atoms with Crippen LogP contribution in [0.15, 0.2) is 36.5 Å². The molecule has 5 rings (SSSR count). The molecular weight excluding hydrogens is 564 g/mol. The number of pyridine rings is 1. The van der Waals surface area contributed by atoms with Gasteiger partial charge >= 0.3 is 5.97 Å². The molecule has 3 heterocycles. The van der Waals surface area contributed by atoms with Crippen molar-refractivity contribution in [3.05, 3.63) is 47.7 Å². The summed E-state index contributed by atoms with van der Waals surface area (Å²) in [6.45, 7) is 6.43. The van der Waals surface area contributed by atoms with Gasteiger partial charge < -0.3 is 19.8 Å². The van der Waals surface area contributed by atoms with E-state index < -0.39 is 6.10 Å². The van der Waals surface area contributed by atoms with Gasteiger partial charge in [-0.05, 0) is 25.0 Å². The normalized spacial score (nSPS) is 19.7. The molecule has 2 aromatic rings. The molecule has 2 aliphatic carbocycles. The fourth-order valence-corrected chi connectivity index (χ4v) is 7.52. The number of allylic oxidation sites excluding steroid dienone is 2. The number of esters is 1. The standard InChI is InChI=1S/C37H56N4O4/c1-2-3-4-5-6-7-8-9-10-11-12-13-14-18-33(42)45-31(27-39-22-24-40(25-23-39)32-17-15-16-21-38-32)28-41-36(43)34-29-19-20-30(26-29)35(34)37(41)44/h15-17,19-21,29-31,43-44H,2-14,18,22-28H2,1H3. The van der Waals surface area contributed by atoms with E-state index in [1.165, 1.54) is 70.6 Å². The van der Waals surface area contributed by atoms with Gasteiger partial charge in [-0.15, -0.1) is 0 Å². The average Bonchev–Trinajstić information content (AvgIpc) is 3.74. The molecule has 1 saturated heterocycles. The summed E-state index contributed by atoms with van der Waals surface area (Å²) in [5.41, 5.74) is 1.70. The lowest BCUT2D eigenvalue weighted by Crippen LogP contribution is -2.49. The molecule has 3 atom stereocenters. The molecule has 0 saturated carbocycles. The maximum absolute atomic E-state index is 13.0. The van der Waals surface area contributed by atoms with Crippen LogP contribution in [0.1, 0.15) is 126 Å². The smallest absolute Gasteiger partial charge is 0.306 e. The van der Waals surface area contributed by atoms with Crippen molar-refractivity contribution in [2.75, 3.05) is 37.6 Å². The highest BCUT2D eigenvalue weighted by molar-refractivity contribution is 5.69. The van der Waals surface area contributed by atoms with Crippen molar-refractivity contribution in [1.29, 1.82) is 0 Å². The van der Waals surface area contributed by atoms with Crippen molar-refractivity contribution < 1.29 is 19.7 Å². The van der Waals surface area contributed by atoms with E-state index in [-0.39, 0.29) is 36.1 Å². The Morgan fingerprint density at radius 2 is 1.40 bits per heavy atom. The fourth-order valence-electron chi connectivity index (χ4n) is 7.52. The molecule has 0 spiro atoms. The number of aromatic nitrogens is 2. The van der Waals surface area contributed by atoms with Crippen molar-refractivity contribution in [2.45, 2.75) is 128 Å². The summed E-state index contributed by atoms with van der Waals surface area (Å²) < 4.78 is 7.66. The van der Waals surface area contributed by atoms with Crippen molar-refractivity contribution >= 4 is 11.8 Å². The topological polar surface area (TPSA) is 91.1 Å².